The van der Waals surface area contributed by atoms with E-state index in [0.717, 1.165) is 29.7 Å². The van der Waals surface area contributed by atoms with Crippen molar-refractivity contribution in [3.8, 4) is 11.5 Å². The smallest absolute Gasteiger partial charge is 0.122 e. The van der Waals surface area contributed by atoms with Crippen LogP contribution in [0.5, 0.6) is 11.5 Å². The van der Waals surface area contributed by atoms with Gasteiger partial charge in [0.05, 0.1) is 14.2 Å². The topological polar surface area (TPSA) is 18.5 Å². The fourth-order valence-electron chi connectivity index (χ4n) is 2.46. The van der Waals surface area contributed by atoms with Gasteiger partial charge in [-0.1, -0.05) is 46.3 Å². The van der Waals surface area contributed by atoms with Crippen LogP contribution in [0.2, 0.25) is 0 Å². The van der Waals surface area contributed by atoms with Crippen LogP contribution in [0.25, 0.3) is 0 Å². The summed E-state index contributed by atoms with van der Waals surface area (Å²) < 4.78 is 10.6. The third-order valence-corrected chi connectivity index (χ3v) is 4.52. The van der Waals surface area contributed by atoms with E-state index in [1.807, 2.05) is 24.3 Å². The lowest BCUT2D eigenvalue weighted by Crippen LogP contribution is -2.10. The molecule has 3 heteroatoms. The van der Waals surface area contributed by atoms with Crippen LogP contribution in [0.1, 0.15) is 11.1 Å². The molecule has 0 radical (unpaired) electrons. The van der Waals surface area contributed by atoms with Crippen molar-refractivity contribution in [3.05, 3.63) is 59.7 Å². The Balaban J connectivity index is 2.05. The lowest BCUT2D eigenvalue weighted by Gasteiger charge is -2.16. The molecule has 0 aromatic heterocycles. The first-order valence-electron chi connectivity index (χ1n) is 7.07. The molecule has 112 valence electrons. The number of hydrogen-bond donors (Lipinski definition) is 0. The molecule has 2 rings (SSSR count). The summed E-state index contributed by atoms with van der Waals surface area (Å²) in [5, 5.41) is 0.969. The Bertz CT molecular complexity index is 551. The molecular weight excluding hydrogens is 328 g/mol. The maximum Gasteiger partial charge on any atom is 0.122 e. The van der Waals surface area contributed by atoms with Gasteiger partial charge in [0, 0.05) is 5.33 Å². The maximum atomic E-state index is 5.44. The van der Waals surface area contributed by atoms with Gasteiger partial charge in [0.15, 0.2) is 0 Å². The molecule has 2 aromatic rings. The van der Waals surface area contributed by atoms with Crippen LogP contribution in [0, 0.1) is 5.92 Å². The van der Waals surface area contributed by atoms with Crippen LogP contribution in [0.3, 0.4) is 0 Å². The Morgan fingerprint density at radius 2 is 1.62 bits per heavy atom. The summed E-state index contributed by atoms with van der Waals surface area (Å²) in [6.45, 7) is 0. The van der Waals surface area contributed by atoms with Gasteiger partial charge < -0.3 is 9.47 Å². The summed E-state index contributed by atoms with van der Waals surface area (Å²) in [5.41, 5.74) is 2.59. The largest absolute Gasteiger partial charge is 0.497 e. The molecule has 0 N–H and O–H groups in total. The molecular formula is C18H21BrO2. The van der Waals surface area contributed by atoms with Crippen molar-refractivity contribution in [2.45, 2.75) is 12.8 Å². The Kier molecular flexibility index (Phi) is 6.12. The molecule has 0 fully saturated rings. The molecule has 1 atom stereocenters. The highest BCUT2D eigenvalue weighted by molar-refractivity contribution is 9.09. The van der Waals surface area contributed by atoms with E-state index in [9.17, 15) is 0 Å². The first kappa shape index (κ1) is 15.9. The third-order valence-electron chi connectivity index (χ3n) is 3.60. The molecule has 0 aliphatic heterocycles. The van der Waals surface area contributed by atoms with Crippen molar-refractivity contribution in [2.75, 3.05) is 19.5 Å². The molecule has 0 aliphatic carbocycles. The van der Waals surface area contributed by atoms with Gasteiger partial charge in [-0.2, -0.15) is 0 Å². The second-order valence-electron chi connectivity index (χ2n) is 5.09. The zero-order valence-electron chi connectivity index (χ0n) is 12.5. The molecule has 1 unspecified atom stereocenters. The number of para-hydroxylation sites is 1. The Morgan fingerprint density at radius 1 is 0.905 bits per heavy atom. The number of benzene rings is 2. The van der Waals surface area contributed by atoms with E-state index in [4.69, 9.17) is 9.47 Å². The average Bonchev–Trinajstić information content (AvgIpc) is 2.55. The van der Waals surface area contributed by atoms with Gasteiger partial charge in [0.25, 0.3) is 0 Å². The molecule has 0 saturated heterocycles. The van der Waals surface area contributed by atoms with Gasteiger partial charge in [0.2, 0.25) is 0 Å². The minimum Gasteiger partial charge on any atom is -0.497 e. The molecule has 21 heavy (non-hydrogen) atoms. The number of hydrogen-bond acceptors (Lipinski definition) is 2. The number of alkyl halides is 1. The summed E-state index contributed by atoms with van der Waals surface area (Å²) in [6, 6.07) is 16.5. The zero-order valence-corrected chi connectivity index (χ0v) is 14.1. The van der Waals surface area contributed by atoms with Gasteiger partial charge in [0.1, 0.15) is 11.5 Å². The fourth-order valence-corrected chi connectivity index (χ4v) is 2.92. The van der Waals surface area contributed by atoms with Crippen molar-refractivity contribution in [1.82, 2.24) is 0 Å². The zero-order chi connectivity index (χ0) is 15.1. The first-order chi connectivity index (χ1) is 10.3. The summed E-state index contributed by atoms with van der Waals surface area (Å²) in [6.07, 6.45) is 2.04. The Hall–Kier alpha value is -1.48. The SMILES string of the molecule is COc1ccc(CC(CBr)Cc2ccccc2OC)cc1. The number of rotatable bonds is 7. The van der Waals surface area contributed by atoms with Crippen LogP contribution < -0.4 is 9.47 Å². The minimum absolute atomic E-state index is 0.537. The Morgan fingerprint density at radius 3 is 2.24 bits per heavy atom. The maximum absolute atomic E-state index is 5.44. The number of halogens is 1. The molecule has 0 heterocycles. The van der Waals surface area contributed by atoms with E-state index in [-0.39, 0.29) is 0 Å². The van der Waals surface area contributed by atoms with Crippen molar-refractivity contribution >= 4 is 15.9 Å². The monoisotopic (exact) mass is 348 g/mol. The van der Waals surface area contributed by atoms with Gasteiger partial charge in [-0.15, -0.1) is 0 Å². The van der Waals surface area contributed by atoms with E-state index in [2.05, 4.69) is 40.2 Å². The summed E-state index contributed by atoms with van der Waals surface area (Å²) in [5.74, 6) is 2.41. The predicted octanol–water partition coefficient (Wildman–Crippen LogP) is 4.50. The minimum atomic E-state index is 0.537. The molecule has 0 saturated carbocycles. The second-order valence-corrected chi connectivity index (χ2v) is 5.74. The third kappa shape index (κ3) is 4.50. The van der Waals surface area contributed by atoms with Crippen LogP contribution in [-0.2, 0) is 12.8 Å². The van der Waals surface area contributed by atoms with E-state index in [0.29, 0.717) is 5.92 Å². The van der Waals surface area contributed by atoms with E-state index >= 15 is 0 Å². The van der Waals surface area contributed by atoms with Crippen molar-refractivity contribution in [3.63, 3.8) is 0 Å². The highest BCUT2D eigenvalue weighted by Gasteiger charge is 2.12. The quantitative estimate of drug-likeness (QED) is 0.685. The fraction of sp³-hybridized carbons (Fsp3) is 0.333. The van der Waals surface area contributed by atoms with Gasteiger partial charge in [-0.25, -0.2) is 0 Å². The molecule has 0 bridgehead atoms. The van der Waals surface area contributed by atoms with Crippen molar-refractivity contribution in [1.29, 1.82) is 0 Å². The van der Waals surface area contributed by atoms with Crippen LogP contribution in [-0.4, -0.2) is 19.5 Å². The summed E-state index contributed by atoms with van der Waals surface area (Å²) in [4.78, 5) is 0. The van der Waals surface area contributed by atoms with E-state index < -0.39 is 0 Å². The molecule has 0 spiro atoms. The van der Waals surface area contributed by atoms with Crippen molar-refractivity contribution < 1.29 is 9.47 Å². The van der Waals surface area contributed by atoms with Crippen molar-refractivity contribution in [2.24, 2.45) is 5.92 Å². The lowest BCUT2D eigenvalue weighted by molar-refractivity contribution is 0.405. The number of ether oxygens (including phenoxy) is 2. The Labute approximate surface area is 135 Å². The van der Waals surface area contributed by atoms with Gasteiger partial charge >= 0.3 is 0 Å². The van der Waals surface area contributed by atoms with E-state index in [1.54, 1.807) is 14.2 Å². The lowest BCUT2D eigenvalue weighted by atomic mass is 9.94. The summed E-state index contributed by atoms with van der Waals surface area (Å²) in [7, 11) is 3.42. The normalized spacial score (nSPS) is 12.0. The predicted molar refractivity (Wildman–Crippen MR) is 90.7 cm³/mol. The standard InChI is InChI=1S/C18H21BrO2/c1-20-17-9-7-14(8-10-17)11-15(13-19)12-16-5-3-4-6-18(16)21-2/h3-10,15H,11-13H2,1-2H3. The highest BCUT2D eigenvalue weighted by Crippen LogP contribution is 2.24. The molecule has 0 aliphatic rings. The van der Waals surface area contributed by atoms with Crippen LogP contribution >= 0.6 is 15.9 Å². The first-order valence-corrected chi connectivity index (χ1v) is 8.19. The summed E-state index contributed by atoms with van der Waals surface area (Å²) >= 11 is 3.64. The number of methoxy groups -OCH3 is 2. The molecule has 0 amide bonds. The average molecular weight is 349 g/mol. The van der Waals surface area contributed by atoms with Crippen LogP contribution in [0.15, 0.2) is 48.5 Å². The second kappa shape index (κ2) is 8.08. The van der Waals surface area contributed by atoms with Gasteiger partial charge in [-0.3, -0.25) is 0 Å². The molecule has 2 nitrogen and oxygen atoms in total. The van der Waals surface area contributed by atoms with Crippen LogP contribution in [0.4, 0.5) is 0 Å². The van der Waals surface area contributed by atoms with Gasteiger partial charge in [-0.05, 0) is 48.1 Å². The molecule has 2 aromatic carbocycles. The highest BCUT2D eigenvalue weighted by atomic mass is 79.9. The van der Waals surface area contributed by atoms with E-state index in [1.165, 1.54) is 11.1 Å².